The zero-order valence-electron chi connectivity index (χ0n) is 12.0. The normalized spacial score (nSPS) is 21.2. The number of carboxylic acids is 1. The molecule has 1 heterocycles. The van der Waals surface area contributed by atoms with Gasteiger partial charge in [-0.3, -0.25) is 0 Å². The number of nitrogens with one attached hydrogen (secondary N) is 2. The summed E-state index contributed by atoms with van der Waals surface area (Å²) in [4.78, 5) is 24.5. The molecule has 0 bridgehead atoms. The number of nitrogens with zero attached hydrogens (tertiary/aromatic N) is 1. The molecule has 0 aromatic heterocycles. The van der Waals surface area contributed by atoms with Gasteiger partial charge in [0, 0.05) is 19.1 Å². The summed E-state index contributed by atoms with van der Waals surface area (Å²) in [7, 11) is 0. The standard InChI is InChI=1S/C13H25N3O4/c1-10-5-2-3-7-16(10)8-4-6-14-13(20)15-11(9-17)12(18)19/h10-11,17H,2-9H2,1H3,(H,18,19)(H2,14,15,20)/t10?,11-/m0/s1. The van der Waals surface area contributed by atoms with Crippen LogP contribution in [0.4, 0.5) is 4.79 Å². The van der Waals surface area contributed by atoms with E-state index in [4.69, 9.17) is 10.2 Å². The molecule has 7 heteroatoms. The summed E-state index contributed by atoms with van der Waals surface area (Å²) in [6.07, 6.45) is 4.57. The van der Waals surface area contributed by atoms with Gasteiger partial charge in [-0.05, 0) is 32.7 Å². The van der Waals surface area contributed by atoms with Gasteiger partial charge in [-0.2, -0.15) is 0 Å². The SMILES string of the molecule is CC1CCCCN1CCCNC(=O)N[C@@H](CO)C(=O)O. The van der Waals surface area contributed by atoms with Crippen LogP contribution in [0, 0.1) is 0 Å². The molecule has 1 rings (SSSR count). The molecular weight excluding hydrogens is 262 g/mol. The summed E-state index contributed by atoms with van der Waals surface area (Å²) in [5.74, 6) is -1.25. The Labute approximate surface area is 119 Å². The molecule has 4 N–H and O–H groups in total. The van der Waals surface area contributed by atoms with E-state index in [2.05, 4.69) is 22.5 Å². The van der Waals surface area contributed by atoms with E-state index in [9.17, 15) is 9.59 Å². The van der Waals surface area contributed by atoms with Gasteiger partial charge in [-0.15, -0.1) is 0 Å². The summed E-state index contributed by atoms with van der Waals surface area (Å²) in [6, 6.07) is -1.21. The first kappa shape index (κ1) is 16.7. The third kappa shape index (κ3) is 5.75. The number of aliphatic carboxylic acids is 1. The van der Waals surface area contributed by atoms with Gasteiger partial charge in [-0.25, -0.2) is 9.59 Å². The number of hydrogen-bond acceptors (Lipinski definition) is 4. The highest BCUT2D eigenvalue weighted by atomic mass is 16.4. The lowest BCUT2D eigenvalue weighted by molar-refractivity contribution is -0.140. The third-order valence-electron chi connectivity index (χ3n) is 3.63. The number of carboxylic acid groups (broad SMARTS) is 1. The smallest absolute Gasteiger partial charge is 0.328 e. The Balaban J connectivity index is 2.14. The first-order valence-corrected chi connectivity index (χ1v) is 7.16. The fraction of sp³-hybridized carbons (Fsp3) is 0.846. The lowest BCUT2D eigenvalue weighted by atomic mass is 10.0. The first-order chi connectivity index (χ1) is 9.54. The number of rotatable bonds is 7. The Kier molecular flexibility index (Phi) is 7.32. The average Bonchev–Trinajstić information content (AvgIpc) is 2.42. The van der Waals surface area contributed by atoms with Crippen LogP contribution in [0.25, 0.3) is 0 Å². The van der Waals surface area contributed by atoms with Crippen molar-refractivity contribution in [2.45, 2.75) is 44.7 Å². The van der Waals surface area contributed by atoms with Gasteiger partial charge in [0.05, 0.1) is 6.61 Å². The van der Waals surface area contributed by atoms with Gasteiger partial charge in [0.1, 0.15) is 0 Å². The van der Waals surface area contributed by atoms with Crippen molar-refractivity contribution in [3.05, 3.63) is 0 Å². The van der Waals surface area contributed by atoms with Crippen molar-refractivity contribution in [2.75, 3.05) is 26.2 Å². The number of urea groups is 1. The molecule has 0 aromatic carbocycles. The van der Waals surface area contributed by atoms with E-state index < -0.39 is 24.6 Å². The Morgan fingerprint density at radius 2 is 2.15 bits per heavy atom. The van der Waals surface area contributed by atoms with Crippen molar-refractivity contribution in [1.29, 1.82) is 0 Å². The number of carbonyl (C=O) groups is 2. The summed E-state index contributed by atoms with van der Waals surface area (Å²) in [5, 5.41) is 22.3. The summed E-state index contributed by atoms with van der Waals surface area (Å²) >= 11 is 0. The maximum atomic E-state index is 11.4. The van der Waals surface area contributed by atoms with Crippen LogP contribution in [-0.4, -0.2) is 65.4 Å². The average molecular weight is 287 g/mol. The molecule has 2 amide bonds. The molecule has 20 heavy (non-hydrogen) atoms. The number of aliphatic hydroxyl groups is 1. The van der Waals surface area contributed by atoms with Crippen molar-refractivity contribution < 1.29 is 19.8 Å². The van der Waals surface area contributed by atoms with Crippen molar-refractivity contribution in [2.24, 2.45) is 0 Å². The summed E-state index contributed by atoms with van der Waals surface area (Å²) < 4.78 is 0. The molecule has 1 aliphatic heterocycles. The molecule has 1 saturated heterocycles. The van der Waals surface area contributed by atoms with E-state index in [1.165, 1.54) is 19.3 Å². The lowest BCUT2D eigenvalue weighted by Crippen LogP contribution is -2.48. The molecule has 0 aliphatic carbocycles. The third-order valence-corrected chi connectivity index (χ3v) is 3.63. The first-order valence-electron chi connectivity index (χ1n) is 7.16. The lowest BCUT2D eigenvalue weighted by Gasteiger charge is -2.33. The van der Waals surface area contributed by atoms with Crippen LogP contribution >= 0.6 is 0 Å². The number of amides is 2. The molecule has 0 spiro atoms. The van der Waals surface area contributed by atoms with Crippen LogP contribution in [-0.2, 0) is 4.79 Å². The van der Waals surface area contributed by atoms with Crippen LogP contribution in [0.3, 0.4) is 0 Å². The molecular formula is C13H25N3O4. The summed E-state index contributed by atoms with van der Waals surface area (Å²) in [6.45, 7) is 4.14. The van der Waals surface area contributed by atoms with Crippen LogP contribution in [0.1, 0.15) is 32.6 Å². The van der Waals surface area contributed by atoms with Crippen molar-refractivity contribution in [3.8, 4) is 0 Å². The maximum Gasteiger partial charge on any atom is 0.328 e. The molecule has 1 fully saturated rings. The fourth-order valence-corrected chi connectivity index (χ4v) is 2.37. The van der Waals surface area contributed by atoms with Crippen molar-refractivity contribution in [1.82, 2.24) is 15.5 Å². The van der Waals surface area contributed by atoms with E-state index in [0.29, 0.717) is 12.6 Å². The van der Waals surface area contributed by atoms with Crippen LogP contribution in [0.5, 0.6) is 0 Å². The molecule has 7 nitrogen and oxygen atoms in total. The highest BCUT2D eigenvalue weighted by molar-refractivity contribution is 5.82. The van der Waals surface area contributed by atoms with Gasteiger partial charge in [0.15, 0.2) is 6.04 Å². The molecule has 1 aliphatic rings. The minimum atomic E-state index is -1.25. The minimum Gasteiger partial charge on any atom is -0.480 e. The molecule has 0 saturated carbocycles. The van der Waals surface area contributed by atoms with E-state index in [-0.39, 0.29) is 0 Å². The Bertz CT molecular complexity index is 325. The number of hydrogen-bond donors (Lipinski definition) is 4. The molecule has 0 radical (unpaired) electrons. The Morgan fingerprint density at radius 1 is 1.40 bits per heavy atom. The second kappa shape index (κ2) is 8.76. The fourth-order valence-electron chi connectivity index (χ4n) is 2.37. The van der Waals surface area contributed by atoms with Gasteiger partial charge in [-0.1, -0.05) is 6.42 Å². The monoisotopic (exact) mass is 287 g/mol. The number of piperidine rings is 1. The predicted molar refractivity (Wildman–Crippen MR) is 74.5 cm³/mol. The number of likely N-dealkylation sites (tertiary alicyclic amines) is 1. The van der Waals surface area contributed by atoms with Crippen molar-refractivity contribution >= 4 is 12.0 Å². The maximum absolute atomic E-state index is 11.4. The van der Waals surface area contributed by atoms with Crippen LogP contribution < -0.4 is 10.6 Å². The van der Waals surface area contributed by atoms with E-state index in [0.717, 1.165) is 19.5 Å². The molecule has 116 valence electrons. The number of carbonyl (C=O) groups excluding carboxylic acids is 1. The Morgan fingerprint density at radius 3 is 2.75 bits per heavy atom. The highest BCUT2D eigenvalue weighted by Crippen LogP contribution is 2.15. The second-order valence-corrected chi connectivity index (χ2v) is 5.21. The van der Waals surface area contributed by atoms with E-state index >= 15 is 0 Å². The Hall–Kier alpha value is -1.34. The van der Waals surface area contributed by atoms with E-state index in [1.807, 2.05) is 0 Å². The van der Waals surface area contributed by atoms with Gasteiger partial charge >= 0.3 is 12.0 Å². The van der Waals surface area contributed by atoms with Gasteiger partial charge in [0.2, 0.25) is 0 Å². The minimum absolute atomic E-state index is 0.493. The number of aliphatic hydroxyl groups excluding tert-OH is 1. The van der Waals surface area contributed by atoms with E-state index in [1.54, 1.807) is 0 Å². The molecule has 1 unspecified atom stereocenters. The quantitative estimate of drug-likeness (QED) is 0.494. The van der Waals surface area contributed by atoms with Crippen LogP contribution in [0.15, 0.2) is 0 Å². The summed E-state index contributed by atoms with van der Waals surface area (Å²) in [5.41, 5.74) is 0. The predicted octanol–water partition coefficient (Wildman–Crippen LogP) is -0.00440. The van der Waals surface area contributed by atoms with Gasteiger partial charge in [0.25, 0.3) is 0 Å². The van der Waals surface area contributed by atoms with Crippen molar-refractivity contribution in [3.63, 3.8) is 0 Å². The topological polar surface area (TPSA) is 102 Å². The van der Waals surface area contributed by atoms with Gasteiger partial charge < -0.3 is 25.7 Å². The molecule has 2 atom stereocenters. The zero-order chi connectivity index (χ0) is 15.0. The highest BCUT2D eigenvalue weighted by Gasteiger charge is 2.19. The largest absolute Gasteiger partial charge is 0.480 e. The van der Waals surface area contributed by atoms with Crippen LogP contribution in [0.2, 0.25) is 0 Å². The second-order valence-electron chi connectivity index (χ2n) is 5.21. The molecule has 0 aromatic rings. The zero-order valence-corrected chi connectivity index (χ0v) is 12.0.